The molecule has 0 aliphatic carbocycles. The number of ether oxygens (including phenoxy) is 1. The molecule has 0 saturated carbocycles. The van der Waals surface area contributed by atoms with E-state index >= 15 is 0 Å². The molecule has 21 heavy (non-hydrogen) atoms. The van der Waals surface area contributed by atoms with E-state index < -0.39 is 0 Å². The van der Waals surface area contributed by atoms with E-state index in [0.717, 1.165) is 16.9 Å². The Balaban J connectivity index is 2.34. The maximum atomic E-state index is 5.89. The fraction of sp³-hybridized carbons (Fsp3) is 0.312. The lowest BCUT2D eigenvalue weighted by Gasteiger charge is -2.22. The molecule has 0 fully saturated rings. The molecule has 0 spiro atoms. The van der Waals surface area contributed by atoms with Crippen molar-refractivity contribution in [2.24, 2.45) is 5.73 Å². The standard InChI is InChI=1S/C16H19N3OS/c1-10-5-6-11(16(2,3)4)13(7-10)20-14-9-18-12(8-19-14)15(17)21/h5-9H,1-4H3,(H2,17,21). The summed E-state index contributed by atoms with van der Waals surface area (Å²) < 4.78 is 5.89. The van der Waals surface area contributed by atoms with E-state index in [1.807, 2.05) is 13.0 Å². The van der Waals surface area contributed by atoms with E-state index in [0.29, 0.717) is 11.6 Å². The Bertz CT molecular complexity index is 660. The van der Waals surface area contributed by atoms with Crippen LogP contribution < -0.4 is 10.5 Å². The third kappa shape index (κ3) is 3.76. The summed E-state index contributed by atoms with van der Waals surface area (Å²) >= 11 is 4.86. The predicted molar refractivity (Wildman–Crippen MR) is 87.9 cm³/mol. The molecule has 0 radical (unpaired) electrons. The first kappa shape index (κ1) is 15.4. The van der Waals surface area contributed by atoms with Crippen LogP contribution in [0.3, 0.4) is 0 Å². The average molecular weight is 301 g/mol. The minimum absolute atomic E-state index is 0.0186. The van der Waals surface area contributed by atoms with Gasteiger partial charge in [-0.1, -0.05) is 45.1 Å². The molecular weight excluding hydrogens is 282 g/mol. The van der Waals surface area contributed by atoms with Crippen LogP contribution in [0.5, 0.6) is 11.6 Å². The summed E-state index contributed by atoms with van der Waals surface area (Å²) in [5.41, 5.74) is 8.22. The fourth-order valence-electron chi connectivity index (χ4n) is 1.94. The Kier molecular flexibility index (Phi) is 4.23. The molecular formula is C16H19N3OS. The second-order valence-corrected chi connectivity index (χ2v) is 6.40. The van der Waals surface area contributed by atoms with Crippen LogP contribution in [0.1, 0.15) is 37.6 Å². The first-order chi connectivity index (χ1) is 9.77. The molecule has 0 unspecified atom stereocenters. The van der Waals surface area contributed by atoms with Gasteiger partial charge >= 0.3 is 0 Å². The van der Waals surface area contributed by atoms with Crippen LogP contribution in [0.2, 0.25) is 0 Å². The predicted octanol–water partition coefficient (Wildman–Crippen LogP) is 3.51. The van der Waals surface area contributed by atoms with Gasteiger partial charge in [-0.05, 0) is 24.0 Å². The van der Waals surface area contributed by atoms with E-state index in [9.17, 15) is 0 Å². The molecule has 0 atom stereocenters. The SMILES string of the molecule is Cc1ccc(C(C)(C)C)c(Oc2cnc(C(N)=S)cn2)c1. The molecule has 1 aromatic heterocycles. The second-order valence-electron chi connectivity index (χ2n) is 5.96. The largest absolute Gasteiger partial charge is 0.437 e. The Morgan fingerprint density at radius 3 is 2.43 bits per heavy atom. The van der Waals surface area contributed by atoms with Crippen LogP contribution in [-0.4, -0.2) is 15.0 Å². The summed E-state index contributed by atoms with van der Waals surface area (Å²) in [7, 11) is 0. The van der Waals surface area contributed by atoms with Crippen LogP contribution >= 0.6 is 12.2 Å². The molecule has 4 nitrogen and oxygen atoms in total. The van der Waals surface area contributed by atoms with Gasteiger partial charge < -0.3 is 10.5 Å². The molecule has 0 aliphatic rings. The van der Waals surface area contributed by atoms with E-state index in [1.165, 1.54) is 12.4 Å². The van der Waals surface area contributed by atoms with Crippen molar-refractivity contribution in [3.05, 3.63) is 47.4 Å². The van der Waals surface area contributed by atoms with Crippen LogP contribution in [-0.2, 0) is 5.41 Å². The Hall–Kier alpha value is -2.01. The first-order valence-corrected chi connectivity index (χ1v) is 7.09. The maximum Gasteiger partial charge on any atom is 0.237 e. The lowest BCUT2D eigenvalue weighted by Crippen LogP contribution is -2.13. The minimum atomic E-state index is -0.0186. The van der Waals surface area contributed by atoms with Crippen molar-refractivity contribution < 1.29 is 4.74 Å². The highest BCUT2D eigenvalue weighted by atomic mass is 32.1. The van der Waals surface area contributed by atoms with Crippen molar-refractivity contribution in [2.75, 3.05) is 0 Å². The molecule has 1 aromatic carbocycles. The third-order valence-electron chi connectivity index (χ3n) is 3.04. The normalized spacial score (nSPS) is 11.2. The zero-order chi connectivity index (χ0) is 15.6. The van der Waals surface area contributed by atoms with Gasteiger partial charge in [-0.15, -0.1) is 0 Å². The topological polar surface area (TPSA) is 61.0 Å². The highest BCUT2D eigenvalue weighted by Gasteiger charge is 2.19. The zero-order valence-electron chi connectivity index (χ0n) is 12.7. The minimum Gasteiger partial charge on any atom is -0.437 e. The smallest absolute Gasteiger partial charge is 0.237 e. The average Bonchev–Trinajstić information content (AvgIpc) is 2.38. The molecule has 0 amide bonds. The van der Waals surface area contributed by atoms with Crippen molar-refractivity contribution >= 4 is 17.2 Å². The summed E-state index contributed by atoms with van der Waals surface area (Å²) in [6.07, 6.45) is 3.05. The summed E-state index contributed by atoms with van der Waals surface area (Å²) in [5.74, 6) is 1.21. The lowest BCUT2D eigenvalue weighted by atomic mass is 9.86. The second kappa shape index (κ2) is 5.77. The number of hydrogen-bond donors (Lipinski definition) is 1. The highest BCUT2D eigenvalue weighted by Crippen LogP contribution is 2.34. The van der Waals surface area contributed by atoms with Gasteiger partial charge in [0.15, 0.2) is 0 Å². The molecule has 0 aliphatic heterocycles. The number of aromatic nitrogens is 2. The summed E-state index contributed by atoms with van der Waals surface area (Å²) in [6, 6.07) is 6.17. The molecule has 0 bridgehead atoms. The van der Waals surface area contributed by atoms with Crippen molar-refractivity contribution in [3.63, 3.8) is 0 Å². The number of aryl methyl sites for hydroxylation is 1. The van der Waals surface area contributed by atoms with Crippen molar-refractivity contribution in [1.82, 2.24) is 9.97 Å². The molecule has 110 valence electrons. The Morgan fingerprint density at radius 2 is 1.90 bits per heavy atom. The van der Waals surface area contributed by atoms with Gasteiger partial charge in [-0.25, -0.2) is 9.97 Å². The number of benzene rings is 1. The Morgan fingerprint density at radius 1 is 1.19 bits per heavy atom. The number of rotatable bonds is 3. The van der Waals surface area contributed by atoms with Crippen molar-refractivity contribution in [3.8, 4) is 11.6 Å². The van der Waals surface area contributed by atoms with E-state index in [-0.39, 0.29) is 10.4 Å². The highest BCUT2D eigenvalue weighted by molar-refractivity contribution is 7.80. The van der Waals surface area contributed by atoms with E-state index in [4.69, 9.17) is 22.7 Å². The fourth-order valence-corrected chi connectivity index (χ4v) is 2.05. The summed E-state index contributed by atoms with van der Waals surface area (Å²) in [6.45, 7) is 8.46. The number of nitrogens with two attached hydrogens (primary N) is 1. The summed E-state index contributed by atoms with van der Waals surface area (Å²) in [4.78, 5) is 8.55. The van der Waals surface area contributed by atoms with Crippen LogP contribution in [0, 0.1) is 6.92 Å². The van der Waals surface area contributed by atoms with E-state index in [2.05, 4.69) is 42.9 Å². The molecule has 2 N–H and O–H groups in total. The van der Waals surface area contributed by atoms with Gasteiger partial charge in [-0.3, -0.25) is 0 Å². The number of nitrogens with zero attached hydrogens (tertiary/aromatic N) is 2. The molecule has 2 rings (SSSR count). The maximum absolute atomic E-state index is 5.89. The van der Waals surface area contributed by atoms with Gasteiger partial charge in [0.05, 0.1) is 12.4 Å². The van der Waals surface area contributed by atoms with Crippen molar-refractivity contribution in [1.29, 1.82) is 0 Å². The number of hydrogen-bond acceptors (Lipinski definition) is 4. The number of thiocarbonyl (C=S) groups is 1. The van der Waals surface area contributed by atoms with Gasteiger partial charge in [0, 0.05) is 5.56 Å². The van der Waals surface area contributed by atoms with Crippen molar-refractivity contribution in [2.45, 2.75) is 33.1 Å². The first-order valence-electron chi connectivity index (χ1n) is 6.68. The van der Waals surface area contributed by atoms with Crippen LogP contribution in [0.4, 0.5) is 0 Å². The quantitative estimate of drug-likeness (QED) is 0.879. The molecule has 2 aromatic rings. The van der Waals surface area contributed by atoms with Gasteiger partial charge in [0.25, 0.3) is 0 Å². The zero-order valence-corrected chi connectivity index (χ0v) is 13.5. The van der Waals surface area contributed by atoms with E-state index in [1.54, 1.807) is 0 Å². The molecule has 5 heteroatoms. The third-order valence-corrected chi connectivity index (χ3v) is 3.25. The van der Waals surface area contributed by atoms with Gasteiger partial charge in [0.1, 0.15) is 16.4 Å². The Labute approximate surface area is 130 Å². The van der Waals surface area contributed by atoms with Gasteiger partial charge in [0.2, 0.25) is 5.88 Å². The monoisotopic (exact) mass is 301 g/mol. The van der Waals surface area contributed by atoms with Crippen LogP contribution in [0.15, 0.2) is 30.6 Å². The lowest BCUT2D eigenvalue weighted by molar-refractivity contribution is 0.437. The van der Waals surface area contributed by atoms with Gasteiger partial charge in [-0.2, -0.15) is 0 Å². The molecule has 1 heterocycles. The van der Waals surface area contributed by atoms with Crippen LogP contribution in [0.25, 0.3) is 0 Å². The summed E-state index contributed by atoms with van der Waals surface area (Å²) in [5, 5.41) is 0. The molecule has 0 saturated heterocycles.